The maximum Gasteiger partial charge on any atom is 0.271 e. The maximum absolute atomic E-state index is 12.8. The third-order valence-electron chi connectivity index (χ3n) is 4.78. The Balaban J connectivity index is 1.44. The number of ether oxygens (including phenoxy) is 1. The summed E-state index contributed by atoms with van der Waals surface area (Å²) in [7, 11) is 1.63. The molecule has 1 amide bonds. The fourth-order valence-corrected chi connectivity index (χ4v) is 3.30. The minimum Gasteiger partial charge on any atom is -0.497 e. The molecular formula is C18H20N6O2. The molecule has 0 unspecified atom stereocenters. The average Bonchev–Trinajstić information content (AvgIpc) is 3.40. The van der Waals surface area contributed by atoms with Gasteiger partial charge in [0.1, 0.15) is 23.6 Å². The number of hydrogen-bond donors (Lipinski definition) is 2. The molecular weight excluding hydrogens is 332 g/mol. The highest BCUT2D eigenvalue weighted by Crippen LogP contribution is 2.27. The fraction of sp³-hybridized carbons (Fsp3) is 0.333. The number of nitrogens with zero attached hydrogens (tertiary/aromatic N) is 4. The Kier molecular flexibility index (Phi) is 4.39. The Hall–Kier alpha value is -3.16. The molecule has 0 spiro atoms. The van der Waals surface area contributed by atoms with Gasteiger partial charge in [0.2, 0.25) is 0 Å². The van der Waals surface area contributed by atoms with E-state index in [0.717, 1.165) is 35.7 Å². The summed E-state index contributed by atoms with van der Waals surface area (Å²) in [5, 5.41) is 14.0. The van der Waals surface area contributed by atoms with Crippen LogP contribution in [0.3, 0.4) is 0 Å². The number of carbonyl (C=O) groups excluding carboxylic acids is 1. The molecule has 3 aromatic rings. The number of hydrogen-bond acceptors (Lipinski definition) is 5. The molecule has 1 aliphatic heterocycles. The third-order valence-corrected chi connectivity index (χ3v) is 4.78. The SMILES string of the molecule is COc1cccc(-c2cc(C(=O)N3CCC(c4ncn[nH]4)CC3)[nH]n2)c1. The third kappa shape index (κ3) is 3.17. The van der Waals surface area contributed by atoms with Crippen LogP contribution in [0, 0.1) is 0 Å². The van der Waals surface area contributed by atoms with Gasteiger partial charge in [-0.3, -0.25) is 15.0 Å². The molecule has 8 heteroatoms. The number of carbonyl (C=O) groups is 1. The molecule has 3 heterocycles. The van der Waals surface area contributed by atoms with Crippen LogP contribution in [0.2, 0.25) is 0 Å². The predicted molar refractivity (Wildman–Crippen MR) is 94.8 cm³/mol. The molecule has 0 saturated carbocycles. The second kappa shape index (κ2) is 6.99. The zero-order valence-corrected chi connectivity index (χ0v) is 14.5. The summed E-state index contributed by atoms with van der Waals surface area (Å²) < 4.78 is 5.24. The van der Waals surface area contributed by atoms with Crippen LogP contribution in [-0.4, -0.2) is 56.4 Å². The topological polar surface area (TPSA) is 99.8 Å². The molecule has 2 aromatic heterocycles. The Morgan fingerprint density at radius 2 is 2.08 bits per heavy atom. The number of piperidine rings is 1. The van der Waals surface area contributed by atoms with E-state index in [0.29, 0.717) is 24.7 Å². The van der Waals surface area contributed by atoms with Crippen LogP contribution >= 0.6 is 0 Å². The number of benzene rings is 1. The van der Waals surface area contributed by atoms with Gasteiger partial charge in [0.15, 0.2) is 0 Å². The van der Waals surface area contributed by atoms with E-state index in [2.05, 4.69) is 25.4 Å². The van der Waals surface area contributed by atoms with E-state index >= 15 is 0 Å². The van der Waals surface area contributed by atoms with Gasteiger partial charge in [-0.1, -0.05) is 12.1 Å². The minimum atomic E-state index is -0.0253. The summed E-state index contributed by atoms with van der Waals surface area (Å²) in [6.45, 7) is 1.38. The van der Waals surface area contributed by atoms with E-state index in [-0.39, 0.29) is 5.91 Å². The first-order valence-corrected chi connectivity index (χ1v) is 8.59. The lowest BCUT2D eigenvalue weighted by Gasteiger charge is -2.30. The van der Waals surface area contributed by atoms with Crippen LogP contribution in [0.1, 0.15) is 35.1 Å². The van der Waals surface area contributed by atoms with Gasteiger partial charge < -0.3 is 9.64 Å². The average molecular weight is 352 g/mol. The van der Waals surface area contributed by atoms with Crippen molar-refractivity contribution in [2.45, 2.75) is 18.8 Å². The van der Waals surface area contributed by atoms with Crippen LogP contribution < -0.4 is 4.74 Å². The van der Waals surface area contributed by atoms with Crippen molar-refractivity contribution in [2.24, 2.45) is 0 Å². The van der Waals surface area contributed by atoms with Crippen molar-refractivity contribution in [1.82, 2.24) is 30.3 Å². The van der Waals surface area contributed by atoms with Crippen molar-refractivity contribution in [3.05, 3.63) is 48.2 Å². The number of likely N-dealkylation sites (tertiary alicyclic amines) is 1. The van der Waals surface area contributed by atoms with Gasteiger partial charge in [0.05, 0.1) is 12.8 Å². The number of nitrogens with one attached hydrogen (secondary N) is 2. The van der Waals surface area contributed by atoms with Crippen LogP contribution in [0.15, 0.2) is 36.7 Å². The lowest BCUT2D eigenvalue weighted by Crippen LogP contribution is -2.38. The molecule has 8 nitrogen and oxygen atoms in total. The van der Waals surface area contributed by atoms with Crippen LogP contribution in [-0.2, 0) is 0 Å². The van der Waals surface area contributed by atoms with Crippen molar-refractivity contribution in [3.8, 4) is 17.0 Å². The first kappa shape index (κ1) is 16.3. The number of methoxy groups -OCH3 is 1. The molecule has 1 saturated heterocycles. The number of amides is 1. The van der Waals surface area contributed by atoms with Crippen molar-refractivity contribution < 1.29 is 9.53 Å². The normalized spacial score (nSPS) is 15.2. The van der Waals surface area contributed by atoms with Crippen molar-refractivity contribution >= 4 is 5.91 Å². The lowest BCUT2D eigenvalue weighted by atomic mass is 9.96. The Labute approximate surface area is 150 Å². The standard InChI is InChI=1S/C18H20N6O2/c1-26-14-4-2-3-13(9-14)15-10-16(22-21-15)18(25)24-7-5-12(6-8-24)17-19-11-20-23-17/h2-4,9-12H,5-8H2,1H3,(H,21,22)(H,19,20,23). The van der Waals surface area contributed by atoms with Crippen molar-refractivity contribution in [3.63, 3.8) is 0 Å². The molecule has 0 radical (unpaired) electrons. The van der Waals surface area contributed by atoms with Crippen LogP contribution in [0.5, 0.6) is 5.75 Å². The second-order valence-electron chi connectivity index (χ2n) is 6.34. The van der Waals surface area contributed by atoms with Gasteiger partial charge >= 0.3 is 0 Å². The summed E-state index contributed by atoms with van der Waals surface area (Å²) in [5.41, 5.74) is 2.13. The Morgan fingerprint density at radius 3 is 2.81 bits per heavy atom. The van der Waals surface area contributed by atoms with Crippen LogP contribution in [0.25, 0.3) is 11.3 Å². The molecule has 26 heavy (non-hydrogen) atoms. The lowest BCUT2D eigenvalue weighted by molar-refractivity contribution is 0.0705. The summed E-state index contributed by atoms with van der Waals surface area (Å²) in [5.74, 6) is 1.96. The molecule has 0 aliphatic carbocycles. The summed E-state index contributed by atoms with van der Waals surface area (Å²) >= 11 is 0. The van der Waals surface area contributed by atoms with Gasteiger partial charge in [-0.2, -0.15) is 10.2 Å². The van der Waals surface area contributed by atoms with E-state index in [9.17, 15) is 4.79 Å². The number of aromatic amines is 2. The van der Waals surface area contributed by atoms with E-state index < -0.39 is 0 Å². The Morgan fingerprint density at radius 1 is 1.23 bits per heavy atom. The number of H-pyrrole nitrogens is 2. The van der Waals surface area contributed by atoms with Crippen molar-refractivity contribution in [2.75, 3.05) is 20.2 Å². The molecule has 4 rings (SSSR count). The van der Waals surface area contributed by atoms with E-state index in [4.69, 9.17) is 4.74 Å². The maximum atomic E-state index is 12.8. The minimum absolute atomic E-state index is 0.0253. The fourth-order valence-electron chi connectivity index (χ4n) is 3.30. The second-order valence-corrected chi connectivity index (χ2v) is 6.34. The zero-order chi connectivity index (χ0) is 17.9. The smallest absolute Gasteiger partial charge is 0.271 e. The monoisotopic (exact) mass is 352 g/mol. The summed E-state index contributed by atoms with van der Waals surface area (Å²) in [6, 6.07) is 9.41. The zero-order valence-electron chi connectivity index (χ0n) is 14.5. The highest BCUT2D eigenvalue weighted by Gasteiger charge is 2.27. The van der Waals surface area contributed by atoms with Gasteiger partial charge in [-0.15, -0.1) is 0 Å². The first-order valence-electron chi connectivity index (χ1n) is 8.59. The van der Waals surface area contributed by atoms with E-state index in [1.54, 1.807) is 13.2 Å². The number of rotatable bonds is 4. The van der Waals surface area contributed by atoms with Gasteiger partial charge in [0, 0.05) is 24.6 Å². The first-order chi connectivity index (χ1) is 12.7. The molecule has 2 N–H and O–H groups in total. The van der Waals surface area contributed by atoms with Gasteiger partial charge in [0.25, 0.3) is 5.91 Å². The molecule has 134 valence electrons. The quantitative estimate of drug-likeness (QED) is 0.750. The van der Waals surface area contributed by atoms with Crippen molar-refractivity contribution in [1.29, 1.82) is 0 Å². The summed E-state index contributed by atoms with van der Waals surface area (Å²) in [6.07, 6.45) is 3.27. The predicted octanol–water partition coefficient (Wildman–Crippen LogP) is 2.22. The van der Waals surface area contributed by atoms with E-state index in [1.165, 1.54) is 6.33 Å². The number of aromatic nitrogens is 5. The van der Waals surface area contributed by atoms with Crippen LogP contribution in [0.4, 0.5) is 0 Å². The molecule has 1 fully saturated rings. The Bertz CT molecular complexity index is 881. The largest absolute Gasteiger partial charge is 0.497 e. The van der Waals surface area contributed by atoms with E-state index in [1.807, 2.05) is 29.2 Å². The molecule has 1 aromatic carbocycles. The van der Waals surface area contributed by atoms with Gasteiger partial charge in [-0.05, 0) is 31.0 Å². The summed E-state index contributed by atoms with van der Waals surface area (Å²) in [4.78, 5) is 18.8. The molecule has 0 bridgehead atoms. The molecule has 0 atom stereocenters. The highest BCUT2D eigenvalue weighted by molar-refractivity contribution is 5.93. The highest BCUT2D eigenvalue weighted by atomic mass is 16.5. The molecule has 1 aliphatic rings. The van der Waals surface area contributed by atoms with Gasteiger partial charge in [-0.25, -0.2) is 4.98 Å².